The molecule has 1 aliphatic rings. The number of hydrogen-bond donors (Lipinski definition) is 0. The predicted octanol–water partition coefficient (Wildman–Crippen LogP) is 4.51. The van der Waals surface area contributed by atoms with E-state index in [9.17, 15) is 0 Å². The Bertz CT molecular complexity index is 901. The van der Waals surface area contributed by atoms with Crippen molar-refractivity contribution in [1.29, 1.82) is 0 Å². The molecule has 4 rings (SSSR count). The quantitative estimate of drug-likeness (QED) is 0.590. The van der Waals surface area contributed by atoms with Crippen LogP contribution in [0.15, 0.2) is 53.3 Å². The van der Waals surface area contributed by atoms with E-state index in [0.717, 1.165) is 47.3 Å². The Morgan fingerprint density at radius 1 is 1.12 bits per heavy atom. The van der Waals surface area contributed by atoms with Crippen molar-refractivity contribution in [2.24, 2.45) is 0 Å². The third-order valence-electron chi connectivity index (χ3n) is 4.30. The van der Waals surface area contributed by atoms with Gasteiger partial charge >= 0.3 is 0 Å². The lowest BCUT2D eigenvalue weighted by Crippen LogP contribution is -2.31. The Morgan fingerprint density at radius 3 is 2.76 bits per heavy atom. The number of rotatable bonds is 3. The number of pyridine rings is 1. The van der Waals surface area contributed by atoms with Crippen LogP contribution in [0.5, 0.6) is 0 Å². The van der Waals surface area contributed by atoms with Crippen LogP contribution in [0.2, 0.25) is 5.15 Å². The molecule has 0 amide bonds. The minimum absolute atomic E-state index is 0.540. The van der Waals surface area contributed by atoms with Crippen LogP contribution in [0.25, 0.3) is 11.4 Å². The fourth-order valence-electron chi connectivity index (χ4n) is 3.07. The second-order valence-corrected chi connectivity index (χ2v) is 7.38. The van der Waals surface area contributed by atoms with Crippen LogP contribution in [0.4, 0.5) is 0 Å². The van der Waals surface area contributed by atoms with Crippen molar-refractivity contribution in [2.75, 3.05) is 6.54 Å². The fourth-order valence-corrected chi connectivity index (χ4v) is 3.68. The lowest BCUT2D eigenvalue weighted by molar-refractivity contribution is 0.243. The molecule has 0 unspecified atom stereocenters. The van der Waals surface area contributed by atoms with Crippen LogP contribution in [0.1, 0.15) is 16.8 Å². The first-order valence-corrected chi connectivity index (χ1v) is 9.28. The summed E-state index contributed by atoms with van der Waals surface area (Å²) in [6.45, 7) is 2.65. The molecule has 0 bridgehead atoms. The fraction of sp³-hybridized carbons (Fsp3) is 0.211. The molecule has 0 fully saturated rings. The summed E-state index contributed by atoms with van der Waals surface area (Å²) in [5.41, 5.74) is 4.25. The molecule has 126 valence electrons. The van der Waals surface area contributed by atoms with Gasteiger partial charge in [0.2, 0.25) is 0 Å². The molecule has 4 nitrogen and oxygen atoms in total. The molecular weight excluding hydrogens is 400 g/mol. The Balaban J connectivity index is 1.59. The van der Waals surface area contributed by atoms with Gasteiger partial charge in [0.25, 0.3) is 0 Å². The monoisotopic (exact) mass is 414 g/mol. The minimum Gasteiger partial charge on any atom is -0.294 e. The summed E-state index contributed by atoms with van der Waals surface area (Å²) < 4.78 is 0.900. The zero-order chi connectivity index (χ0) is 17.2. The van der Waals surface area contributed by atoms with Crippen LogP contribution in [-0.4, -0.2) is 26.4 Å². The Morgan fingerprint density at radius 2 is 1.96 bits per heavy atom. The first-order valence-electron chi connectivity index (χ1n) is 8.11. The Kier molecular flexibility index (Phi) is 4.79. The van der Waals surface area contributed by atoms with E-state index in [4.69, 9.17) is 16.6 Å². The number of nitrogens with zero attached hydrogens (tertiary/aromatic N) is 4. The summed E-state index contributed by atoms with van der Waals surface area (Å²) in [6.07, 6.45) is 4.37. The molecule has 0 aliphatic carbocycles. The standard InChI is InChI=1S/C19H16BrClN4/c20-15-8-14(9-22-10-15)19-23-17-6-7-25(12-16(17)18(21)24-19)11-13-4-2-1-3-5-13/h1-5,8-10H,6-7,11-12H2. The molecule has 25 heavy (non-hydrogen) atoms. The molecular formula is C19H16BrClN4. The van der Waals surface area contributed by atoms with Gasteiger partial charge in [-0.1, -0.05) is 41.9 Å². The third kappa shape index (κ3) is 3.73. The van der Waals surface area contributed by atoms with Crippen LogP contribution in [-0.2, 0) is 19.5 Å². The predicted molar refractivity (Wildman–Crippen MR) is 102 cm³/mol. The lowest BCUT2D eigenvalue weighted by atomic mass is 10.1. The zero-order valence-electron chi connectivity index (χ0n) is 13.5. The van der Waals surface area contributed by atoms with Gasteiger partial charge in [0.15, 0.2) is 5.82 Å². The molecule has 3 heterocycles. The molecule has 1 aliphatic heterocycles. The number of fused-ring (bicyclic) bond motifs is 1. The van der Waals surface area contributed by atoms with Gasteiger partial charge in [-0.15, -0.1) is 0 Å². The summed E-state index contributed by atoms with van der Waals surface area (Å²) in [5, 5.41) is 0.540. The molecule has 0 saturated carbocycles. The van der Waals surface area contributed by atoms with Gasteiger partial charge in [-0.2, -0.15) is 0 Å². The number of benzene rings is 1. The maximum Gasteiger partial charge on any atom is 0.162 e. The molecule has 0 saturated heterocycles. The van der Waals surface area contributed by atoms with Crippen molar-refractivity contribution >= 4 is 27.5 Å². The second kappa shape index (κ2) is 7.20. The normalized spacial score (nSPS) is 14.3. The van der Waals surface area contributed by atoms with E-state index in [1.54, 1.807) is 12.4 Å². The highest BCUT2D eigenvalue weighted by Crippen LogP contribution is 2.28. The van der Waals surface area contributed by atoms with E-state index in [0.29, 0.717) is 11.0 Å². The summed E-state index contributed by atoms with van der Waals surface area (Å²) in [4.78, 5) is 15.8. The smallest absolute Gasteiger partial charge is 0.162 e. The largest absolute Gasteiger partial charge is 0.294 e. The van der Waals surface area contributed by atoms with E-state index in [1.807, 2.05) is 12.1 Å². The molecule has 2 aromatic heterocycles. The number of hydrogen-bond acceptors (Lipinski definition) is 4. The zero-order valence-corrected chi connectivity index (χ0v) is 15.8. The molecule has 0 N–H and O–H groups in total. The van der Waals surface area contributed by atoms with Gasteiger partial charge in [0.1, 0.15) is 5.15 Å². The first kappa shape index (κ1) is 16.6. The van der Waals surface area contributed by atoms with Crippen molar-refractivity contribution in [3.05, 3.63) is 75.2 Å². The van der Waals surface area contributed by atoms with Gasteiger partial charge in [-0.25, -0.2) is 9.97 Å². The Hall–Kier alpha value is -1.82. The first-order chi connectivity index (χ1) is 12.2. The van der Waals surface area contributed by atoms with E-state index >= 15 is 0 Å². The van der Waals surface area contributed by atoms with Crippen LogP contribution in [0.3, 0.4) is 0 Å². The van der Waals surface area contributed by atoms with Crippen molar-refractivity contribution in [3.8, 4) is 11.4 Å². The molecule has 0 spiro atoms. The lowest BCUT2D eigenvalue weighted by Gasteiger charge is -2.28. The molecule has 0 radical (unpaired) electrons. The Labute approximate surface area is 160 Å². The highest BCUT2D eigenvalue weighted by Gasteiger charge is 2.22. The highest BCUT2D eigenvalue weighted by atomic mass is 79.9. The van der Waals surface area contributed by atoms with E-state index < -0.39 is 0 Å². The average molecular weight is 416 g/mol. The summed E-state index contributed by atoms with van der Waals surface area (Å²) in [5.74, 6) is 0.633. The summed E-state index contributed by atoms with van der Waals surface area (Å²) in [6, 6.07) is 12.4. The van der Waals surface area contributed by atoms with E-state index in [2.05, 4.69) is 55.1 Å². The van der Waals surface area contributed by atoms with Gasteiger partial charge < -0.3 is 0 Å². The van der Waals surface area contributed by atoms with Crippen LogP contribution < -0.4 is 0 Å². The molecule has 6 heteroatoms. The maximum absolute atomic E-state index is 6.50. The van der Waals surface area contributed by atoms with Crippen molar-refractivity contribution in [2.45, 2.75) is 19.5 Å². The van der Waals surface area contributed by atoms with Gasteiger partial charge in [-0.05, 0) is 27.6 Å². The average Bonchev–Trinajstić information content (AvgIpc) is 2.63. The number of aromatic nitrogens is 3. The van der Waals surface area contributed by atoms with Crippen molar-refractivity contribution < 1.29 is 0 Å². The van der Waals surface area contributed by atoms with Crippen LogP contribution >= 0.6 is 27.5 Å². The molecule has 0 atom stereocenters. The number of halogens is 2. The second-order valence-electron chi connectivity index (χ2n) is 6.10. The topological polar surface area (TPSA) is 41.9 Å². The summed E-state index contributed by atoms with van der Waals surface area (Å²) in [7, 11) is 0. The summed E-state index contributed by atoms with van der Waals surface area (Å²) >= 11 is 9.93. The SMILES string of the molecule is Clc1nc(-c2cncc(Br)c2)nc2c1CN(Cc1ccccc1)CC2. The van der Waals surface area contributed by atoms with Crippen molar-refractivity contribution in [3.63, 3.8) is 0 Å². The minimum atomic E-state index is 0.540. The highest BCUT2D eigenvalue weighted by molar-refractivity contribution is 9.10. The molecule has 3 aromatic rings. The van der Waals surface area contributed by atoms with Crippen molar-refractivity contribution in [1.82, 2.24) is 19.9 Å². The maximum atomic E-state index is 6.50. The third-order valence-corrected chi connectivity index (χ3v) is 5.05. The van der Waals surface area contributed by atoms with Gasteiger partial charge in [-0.3, -0.25) is 9.88 Å². The van der Waals surface area contributed by atoms with Gasteiger partial charge in [0.05, 0.1) is 5.69 Å². The van der Waals surface area contributed by atoms with E-state index in [-0.39, 0.29) is 0 Å². The van der Waals surface area contributed by atoms with E-state index in [1.165, 1.54) is 5.56 Å². The van der Waals surface area contributed by atoms with Crippen LogP contribution in [0, 0.1) is 0 Å². The molecule has 1 aromatic carbocycles. The van der Waals surface area contributed by atoms with Gasteiger partial charge in [0, 0.05) is 54.0 Å².